The van der Waals surface area contributed by atoms with Crippen molar-refractivity contribution in [3.63, 3.8) is 0 Å². The van der Waals surface area contributed by atoms with Gasteiger partial charge in [-0.1, -0.05) is 36.4 Å². The molecule has 6 heteroatoms. The van der Waals surface area contributed by atoms with E-state index in [4.69, 9.17) is 4.74 Å². The van der Waals surface area contributed by atoms with E-state index < -0.39 is 5.97 Å². The topological polar surface area (TPSA) is 64.8 Å². The van der Waals surface area contributed by atoms with Crippen molar-refractivity contribution in [3.8, 4) is 0 Å². The summed E-state index contributed by atoms with van der Waals surface area (Å²) in [5.41, 5.74) is 2.06. The van der Waals surface area contributed by atoms with Gasteiger partial charge >= 0.3 is 5.97 Å². The first kappa shape index (κ1) is 18.8. The van der Waals surface area contributed by atoms with Gasteiger partial charge in [-0.15, -0.1) is 11.3 Å². The summed E-state index contributed by atoms with van der Waals surface area (Å²) in [4.78, 5) is 38.8. The second-order valence-electron chi connectivity index (χ2n) is 6.34. The lowest BCUT2D eigenvalue weighted by molar-refractivity contribution is 0.0528. The molecule has 0 aliphatic rings. The summed E-state index contributed by atoms with van der Waals surface area (Å²) in [5.74, 6) is -0.873. The number of nitrogens with zero attached hydrogens (tertiary/aromatic N) is 1. The Labute approximate surface area is 171 Å². The SMILES string of the molecule is CCOC(=O)c1cc(C(=O)c2cccs2)n2ccc(C(=O)c3ccccc3)cc12. The predicted octanol–water partition coefficient (Wildman–Crippen LogP) is 4.64. The van der Waals surface area contributed by atoms with Crippen molar-refractivity contribution < 1.29 is 19.1 Å². The fourth-order valence-corrected chi connectivity index (χ4v) is 3.85. The first-order valence-corrected chi connectivity index (χ1v) is 9.98. The highest BCUT2D eigenvalue weighted by Gasteiger charge is 2.23. The Bertz CT molecular complexity index is 1210. The average molecular weight is 403 g/mol. The zero-order chi connectivity index (χ0) is 20.4. The maximum Gasteiger partial charge on any atom is 0.340 e. The molecule has 0 amide bonds. The van der Waals surface area contributed by atoms with Crippen LogP contribution in [-0.2, 0) is 4.74 Å². The third-order valence-corrected chi connectivity index (χ3v) is 5.41. The second kappa shape index (κ2) is 7.85. The van der Waals surface area contributed by atoms with Gasteiger partial charge in [0.1, 0.15) is 0 Å². The van der Waals surface area contributed by atoms with E-state index in [-0.39, 0.29) is 23.7 Å². The Hall–Kier alpha value is -3.51. The van der Waals surface area contributed by atoms with E-state index in [1.165, 1.54) is 17.4 Å². The molecular weight excluding hydrogens is 386 g/mol. The van der Waals surface area contributed by atoms with Crippen molar-refractivity contribution in [1.29, 1.82) is 0 Å². The first-order chi connectivity index (χ1) is 14.1. The minimum absolute atomic E-state index is 0.157. The van der Waals surface area contributed by atoms with Crippen molar-refractivity contribution in [2.24, 2.45) is 0 Å². The molecule has 0 fully saturated rings. The first-order valence-electron chi connectivity index (χ1n) is 9.10. The van der Waals surface area contributed by atoms with Crippen LogP contribution in [0.3, 0.4) is 0 Å². The lowest BCUT2D eigenvalue weighted by Gasteiger charge is -2.06. The standard InChI is InChI=1S/C23H17NO4S/c1-2-28-23(27)17-14-19(22(26)20-9-6-12-29-20)24-11-10-16(13-18(17)24)21(25)15-7-4-3-5-8-15/h3-14H,2H2,1H3. The second-order valence-corrected chi connectivity index (χ2v) is 7.28. The van der Waals surface area contributed by atoms with Gasteiger partial charge in [-0.2, -0.15) is 0 Å². The zero-order valence-corrected chi connectivity index (χ0v) is 16.4. The summed E-state index contributed by atoms with van der Waals surface area (Å²) >= 11 is 1.33. The van der Waals surface area contributed by atoms with Gasteiger partial charge in [-0.05, 0) is 36.6 Å². The highest BCUT2D eigenvalue weighted by atomic mass is 32.1. The summed E-state index contributed by atoms with van der Waals surface area (Å²) < 4.78 is 6.79. The van der Waals surface area contributed by atoms with E-state index in [1.54, 1.807) is 66.1 Å². The number of benzene rings is 1. The van der Waals surface area contributed by atoms with Crippen LogP contribution in [0.25, 0.3) is 5.52 Å². The number of hydrogen-bond donors (Lipinski definition) is 0. The molecule has 3 aromatic heterocycles. The van der Waals surface area contributed by atoms with Crippen molar-refractivity contribution in [2.45, 2.75) is 6.92 Å². The fraction of sp³-hybridized carbons (Fsp3) is 0.0870. The summed E-state index contributed by atoms with van der Waals surface area (Å²) in [6, 6.07) is 17.3. The van der Waals surface area contributed by atoms with Gasteiger partial charge < -0.3 is 9.14 Å². The van der Waals surface area contributed by atoms with Crippen LogP contribution in [0.5, 0.6) is 0 Å². The summed E-state index contributed by atoms with van der Waals surface area (Å²) in [6.07, 6.45) is 1.65. The molecule has 144 valence electrons. The van der Waals surface area contributed by atoms with Crippen molar-refractivity contribution in [2.75, 3.05) is 6.61 Å². The molecule has 5 nitrogen and oxygen atoms in total. The Kier molecular flexibility index (Phi) is 5.10. The van der Waals surface area contributed by atoms with E-state index in [0.29, 0.717) is 27.2 Å². The maximum atomic E-state index is 12.9. The number of rotatable bonds is 6. The predicted molar refractivity (Wildman–Crippen MR) is 111 cm³/mol. The Balaban J connectivity index is 1.86. The molecule has 0 saturated carbocycles. The summed E-state index contributed by atoms with van der Waals surface area (Å²) in [6.45, 7) is 1.94. The number of ether oxygens (including phenoxy) is 1. The number of hydrogen-bond acceptors (Lipinski definition) is 5. The number of fused-ring (bicyclic) bond motifs is 1. The van der Waals surface area contributed by atoms with Crippen LogP contribution in [0.4, 0.5) is 0 Å². The highest BCUT2D eigenvalue weighted by Crippen LogP contribution is 2.24. The lowest BCUT2D eigenvalue weighted by Crippen LogP contribution is -2.06. The average Bonchev–Trinajstić information content (AvgIpc) is 3.41. The normalized spacial score (nSPS) is 10.8. The third-order valence-electron chi connectivity index (χ3n) is 4.54. The van der Waals surface area contributed by atoms with Crippen LogP contribution < -0.4 is 0 Å². The van der Waals surface area contributed by atoms with Crippen LogP contribution in [0.15, 0.2) is 72.2 Å². The van der Waals surface area contributed by atoms with Gasteiger partial charge in [0.2, 0.25) is 5.78 Å². The van der Waals surface area contributed by atoms with Crippen molar-refractivity contribution in [1.82, 2.24) is 4.40 Å². The molecule has 0 spiro atoms. The molecule has 0 N–H and O–H groups in total. The maximum absolute atomic E-state index is 12.9. The molecule has 4 rings (SSSR count). The van der Waals surface area contributed by atoms with Crippen LogP contribution in [-0.4, -0.2) is 28.5 Å². The van der Waals surface area contributed by atoms with Gasteiger partial charge in [0, 0.05) is 17.3 Å². The molecular formula is C23H17NO4S. The minimum atomic E-state index is -0.528. The van der Waals surface area contributed by atoms with E-state index in [2.05, 4.69) is 0 Å². The molecule has 0 bridgehead atoms. The molecule has 0 unspecified atom stereocenters. The number of carbonyl (C=O) groups excluding carboxylic acids is 3. The summed E-state index contributed by atoms with van der Waals surface area (Å²) in [5, 5.41) is 1.83. The fourth-order valence-electron chi connectivity index (χ4n) is 3.18. The highest BCUT2D eigenvalue weighted by molar-refractivity contribution is 7.12. The molecule has 0 radical (unpaired) electrons. The van der Waals surface area contributed by atoms with Gasteiger partial charge in [-0.3, -0.25) is 9.59 Å². The van der Waals surface area contributed by atoms with E-state index in [0.717, 1.165) is 0 Å². The molecule has 0 aliphatic heterocycles. The molecule has 3 heterocycles. The van der Waals surface area contributed by atoms with Crippen molar-refractivity contribution in [3.05, 3.63) is 99.5 Å². The number of pyridine rings is 1. The molecule has 0 saturated heterocycles. The smallest absolute Gasteiger partial charge is 0.340 e. The van der Waals surface area contributed by atoms with E-state index in [1.807, 2.05) is 11.4 Å². The number of carbonyl (C=O) groups is 3. The van der Waals surface area contributed by atoms with Gasteiger partial charge in [0.15, 0.2) is 5.78 Å². The molecule has 4 aromatic rings. The Morgan fingerprint density at radius 1 is 0.931 bits per heavy atom. The van der Waals surface area contributed by atoms with Crippen LogP contribution >= 0.6 is 11.3 Å². The molecule has 1 aromatic carbocycles. The number of ketones is 2. The number of esters is 1. The minimum Gasteiger partial charge on any atom is -0.462 e. The Morgan fingerprint density at radius 2 is 1.72 bits per heavy atom. The zero-order valence-electron chi connectivity index (χ0n) is 15.6. The Morgan fingerprint density at radius 3 is 2.41 bits per heavy atom. The van der Waals surface area contributed by atoms with Gasteiger partial charge in [0.25, 0.3) is 0 Å². The quantitative estimate of drug-likeness (QED) is 0.348. The van der Waals surface area contributed by atoms with Crippen LogP contribution in [0.1, 0.15) is 48.6 Å². The number of thiophene rings is 1. The van der Waals surface area contributed by atoms with Gasteiger partial charge in [-0.25, -0.2) is 4.79 Å². The van der Waals surface area contributed by atoms with Crippen molar-refractivity contribution >= 4 is 34.4 Å². The molecule has 0 atom stereocenters. The monoisotopic (exact) mass is 403 g/mol. The third kappa shape index (κ3) is 3.50. The lowest BCUT2D eigenvalue weighted by atomic mass is 10.0. The van der Waals surface area contributed by atoms with E-state index in [9.17, 15) is 14.4 Å². The van der Waals surface area contributed by atoms with E-state index >= 15 is 0 Å². The molecule has 29 heavy (non-hydrogen) atoms. The van der Waals surface area contributed by atoms with Crippen LogP contribution in [0, 0.1) is 0 Å². The number of aromatic nitrogens is 1. The van der Waals surface area contributed by atoms with Gasteiger partial charge in [0.05, 0.1) is 28.3 Å². The summed E-state index contributed by atoms with van der Waals surface area (Å²) in [7, 11) is 0. The molecule has 0 aliphatic carbocycles. The largest absolute Gasteiger partial charge is 0.462 e. The van der Waals surface area contributed by atoms with Crippen LogP contribution in [0.2, 0.25) is 0 Å².